The third-order valence-electron chi connectivity index (χ3n) is 5.48. The van der Waals surface area contributed by atoms with E-state index >= 15 is 0 Å². The number of rotatable bonds is 6. The van der Waals surface area contributed by atoms with Gasteiger partial charge in [0.2, 0.25) is 0 Å². The third-order valence-corrected chi connectivity index (χ3v) is 5.48. The minimum atomic E-state index is -0.334. The van der Waals surface area contributed by atoms with Crippen LogP contribution in [0.5, 0.6) is 0 Å². The zero-order valence-corrected chi connectivity index (χ0v) is 14.4. The normalized spacial score (nSPS) is 28.9. The molecule has 3 atom stereocenters. The van der Waals surface area contributed by atoms with Crippen molar-refractivity contribution in [3.8, 4) is 0 Å². The summed E-state index contributed by atoms with van der Waals surface area (Å²) in [5, 5.41) is 10.7. The first-order valence-corrected chi connectivity index (χ1v) is 8.97. The molecule has 0 bridgehead atoms. The van der Waals surface area contributed by atoms with E-state index in [0.717, 1.165) is 44.8 Å². The van der Waals surface area contributed by atoms with Gasteiger partial charge in [0.1, 0.15) is 0 Å². The molecule has 23 heavy (non-hydrogen) atoms. The standard InChI is InChI=1S/C19H30N2O2/c1-3-6-16-14-21(10-9-20(16)11-12-23-2)18-13-15-7-4-5-8-17(15)19(18)22/h4-5,7-8,16,18-19,22H,3,6,9-14H2,1-2H3/t16-,18-,19+/m1/s1. The quantitative estimate of drug-likeness (QED) is 0.871. The highest BCUT2D eigenvalue weighted by Crippen LogP contribution is 2.35. The molecular weight excluding hydrogens is 288 g/mol. The number of hydrogen-bond donors (Lipinski definition) is 1. The first kappa shape index (κ1) is 16.9. The number of nitrogens with zero attached hydrogens (tertiary/aromatic N) is 2. The lowest BCUT2D eigenvalue weighted by molar-refractivity contribution is -0.00674. The first-order chi connectivity index (χ1) is 11.2. The van der Waals surface area contributed by atoms with Gasteiger partial charge in [-0.1, -0.05) is 37.6 Å². The Morgan fingerprint density at radius 3 is 2.83 bits per heavy atom. The van der Waals surface area contributed by atoms with E-state index in [1.165, 1.54) is 18.4 Å². The summed E-state index contributed by atoms with van der Waals surface area (Å²) in [6.07, 6.45) is 3.07. The summed E-state index contributed by atoms with van der Waals surface area (Å²) in [5.74, 6) is 0. The number of ether oxygens (including phenoxy) is 1. The van der Waals surface area contributed by atoms with Crippen LogP contribution in [0.15, 0.2) is 24.3 Å². The van der Waals surface area contributed by atoms with Crippen molar-refractivity contribution >= 4 is 0 Å². The number of benzene rings is 1. The second-order valence-electron chi connectivity index (χ2n) is 6.88. The number of aliphatic hydroxyl groups is 1. The third kappa shape index (κ3) is 3.61. The monoisotopic (exact) mass is 318 g/mol. The number of piperazine rings is 1. The Kier molecular flexibility index (Phi) is 5.70. The highest BCUT2D eigenvalue weighted by molar-refractivity contribution is 5.36. The molecule has 128 valence electrons. The summed E-state index contributed by atoms with van der Waals surface area (Å²) < 4.78 is 5.26. The largest absolute Gasteiger partial charge is 0.387 e. The number of aliphatic hydroxyl groups excluding tert-OH is 1. The summed E-state index contributed by atoms with van der Waals surface area (Å²) >= 11 is 0. The molecule has 0 spiro atoms. The van der Waals surface area contributed by atoms with Crippen LogP contribution < -0.4 is 0 Å². The zero-order chi connectivity index (χ0) is 16.2. The van der Waals surface area contributed by atoms with Gasteiger partial charge in [0.05, 0.1) is 12.7 Å². The number of hydrogen-bond acceptors (Lipinski definition) is 4. The van der Waals surface area contributed by atoms with Crippen molar-refractivity contribution in [1.29, 1.82) is 0 Å². The molecule has 0 aromatic heterocycles. The molecule has 0 amide bonds. The fourth-order valence-corrected chi connectivity index (χ4v) is 4.21. The molecule has 0 saturated carbocycles. The average molecular weight is 318 g/mol. The van der Waals surface area contributed by atoms with Crippen molar-refractivity contribution in [2.75, 3.05) is 39.9 Å². The van der Waals surface area contributed by atoms with Gasteiger partial charge in [0, 0.05) is 45.4 Å². The Labute approximate surface area is 140 Å². The van der Waals surface area contributed by atoms with E-state index in [1.54, 1.807) is 7.11 Å². The van der Waals surface area contributed by atoms with Crippen LogP contribution in [0.1, 0.15) is 37.0 Å². The molecule has 0 unspecified atom stereocenters. The van der Waals surface area contributed by atoms with Crippen molar-refractivity contribution in [3.05, 3.63) is 35.4 Å². The Hall–Kier alpha value is -0.940. The Morgan fingerprint density at radius 1 is 1.26 bits per heavy atom. The SMILES string of the molecule is CCC[C@@H]1CN([C@@H]2Cc3ccccc3[C@@H]2O)CCN1CCOC. The van der Waals surface area contributed by atoms with Gasteiger partial charge in [-0.3, -0.25) is 9.80 Å². The predicted octanol–water partition coefficient (Wildman–Crippen LogP) is 2.08. The molecule has 1 heterocycles. The highest BCUT2D eigenvalue weighted by Gasteiger charge is 2.38. The second-order valence-corrected chi connectivity index (χ2v) is 6.88. The van der Waals surface area contributed by atoms with Crippen molar-refractivity contribution in [2.45, 2.75) is 44.4 Å². The van der Waals surface area contributed by atoms with Gasteiger partial charge in [-0.2, -0.15) is 0 Å². The molecule has 2 aliphatic rings. The van der Waals surface area contributed by atoms with Crippen molar-refractivity contribution < 1.29 is 9.84 Å². The maximum absolute atomic E-state index is 10.7. The fourth-order valence-electron chi connectivity index (χ4n) is 4.21. The lowest BCUT2D eigenvalue weighted by atomic mass is 10.0. The van der Waals surface area contributed by atoms with Gasteiger partial charge < -0.3 is 9.84 Å². The topological polar surface area (TPSA) is 35.9 Å². The van der Waals surface area contributed by atoms with Crippen LogP contribution >= 0.6 is 0 Å². The van der Waals surface area contributed by atoms with Crippen molar-refractivity contribution in [2.24, 2.45) is 0 Å². The van der Waals surface area contributed by atoms with Gasteiger partial charge in [-0.25, -0.2) is 0 Å². The van der Waals surface area contributed by atoms with Gasteiger partial charge >= 0.3 is 0 Å². The molecule has 3 rings (SSSR count). The van der Waals surface area contributed by atoms with Crippen LogP contribution in [-0.4, -0.2) is 66.9 Å². The van der Waals surface area contributed by atoms with Crippen molar-refractivity contribution in [1.82, 2.24) is 9.80 Å². The predicted molar refractivity (Wildman–Crippen MR) is 92.6 cm³/mol. The molecule has 1 fully saturated rings. The van der Waals surface area contributed by atoms with Crippen LogP contribution in [0, 0.1) is 0 Å². The Morgan fingerprint density at radius 2 is 2.09 bits per heavy atom. The number of fused-ring (bicyclic) bond motifs is 1. The van der Waals surface area contributed by atoms with Crippen LogP contribution in [0.3, 0.4) is 0 Å². The maximum atomic E-state index is 10.7. The Bertz CT molecular complexity index is 508. The molecule has 1 aromatic carbocycles. The summed E-state index contributed by atoms with van der Waals surface area (Å²) in [7, 11) is 1.77. The van der Waals surface area contributed by atoms with Crippen LogP contribution in [0.25, 0.3) is 0 Å². The summed E-state index contributed by atoms with van der Waals surface area (Å²) in [6, 6.07) is 9.19. The van der Waals surface area contributed by atoms with Crippen LogP contribution in [-0.2, 0) is 11.2 Å². The molecule has 1 aliphatic carbocycles. The molecule has 1 saturated heterocycles. The van der Waals surface area contributed by atoms with E-state index < -0.39 is 0 Å². The van der Waals surface area contributed by atoms with Gasteiger partial charge in [0.25, 0.3) is 0 Å². The summed E-state index contributed by atoms with van der Waals surface area (Å²) in [6.45, 7) is 7.26. The fraction of sp³-hybridized carbons (Fsp3) is 0.684. The molecule has 0 radical (unpaired) electrons. The lowest BCUT2D eigenvalue weighted by Crippen LogP contribution is -2.57. The first-order valence-electron chi connectivity index (χ1n) is 8.97. The molecule has 4 heteroatoms. The lowest BCUT2D eigenvalue weighted by Gasteiger charge is -2.44. The van der Waals surface area contributed by atoms with E-state index in [4.69, 9.17) is 4.74 Å². The molecule has 4 nitrogen and oxygen atoms in total. The minimum absolute atomic E-state index is 0.247. The smallest absolute Gasteiger partial charge is 0.0951 e. The minimum Gasteiger partial charge on any atom is -0.387 e. The van der Waals surface area contributed by atoms with E-state index in [0.29, 0.717) is 6.04 Å². The van der Waals surface area contributed by atoms with Gasteiger partial charge in [-0.05, 0) is 24.0 Å². The van der Waals surface area contributed by atoms with E-state index in [9.17, 15) is 5.11 Å². The number of methoxy groups -OCH3 is 1. The van der Waals surface area contributed by atoms with E-state index in [2.05, 4.69) is 34.9 Å². The summed E-state index contributed by atoms with van der Waals surface area (Å²) in [4.78, 5) is 5.09. The Balaban J connectivity index is 1.66. The average Bonchev–Trinajstić information content (AvgIpc) is 2.91. The zero-order valence-electron chi connectivity index (χ0n) is 14.4. The van der Waals surface area contributed by atoms with Crippen LogP contribution in [0.2, 0.25) is 0 Å². The van der Waals surface area contributed by atoms with Gasteiger partial charge in [-0.15, -0.1) is 0 Å². The van der Waals surface area contributed by atoms with E-state index in [-0.39, 0.29) is 12.1 Å². The molecular formula is C19H30N2O2. The highest BCUT2D eigenvalue weighted by atomic mass is 16.5. The molecule has 1 aromatic rings. The van der Waals surface area contributed by atoms with E-state index in [1.807, 2.05) is 6.07 Å². The van der Waals surface area contributed by atoms with Gasteiger partial charge in [0.15, 0.2) is 0 Å². The van der Waals surface area contributed by atoms with Crippen molar-refractivity contribution in [3.63, 3.8) is 0 Å². The maximum Gasteiger partial charge on any atom is 0.0951 e. The second kappa shape index (κ2) is 7.75. The summed E-state index contributed by atoms with van der Waals surface area (Å²) in [5.41, 5.74) is 2.45. The van der Waals surface area contributed by atoms with Crippen LogP contribution in [0.4, 0.5) is 0 Å². The molecule has 1 aliphatic heterocycles. The molecule has 1 N–H and O–H groups in total.